The highest BCUT2D eigenvalue weighted by Gasteiger charge is 2.39. The molecule has 148 valence electrons. The fourth-order valence-electron chi connectivity index (χ4n) is 2.35. The standard InChI is InChI=1S/C18H16N6O3S2/c19-23-22-9-11-27-12-10-24-17(25)15(28-13-5-1-3-7-20-13)16(18(24)26)29-14-6-2-4-8-21-14/h1-8H,9-12H2. The van der Waals surface area contributed by atoms with E-state index < -0.39 is 0 Å². The van der Waals surface area contributed by atoms with Gasteiger partial charge in [0.1, 0.15) is 10.1 Å². The summed E-state index contributed by atoms with van der Waals surface area (Å²) in [6, 6.07) is 10.8. The summed E-state index contributed by atoms with van der Waals surface area (Å²) < 4.78 is 5.33. The fourth-order valence-corrected chi connectivity index (χ4v) is 4.29. The smallest absolute Gasteiger partial charge is 0.269 e. The Kier molecular flexibility index (Phi) is 7.65. The topological polar surface area (TPSA) is 121 Å². The Morgan fingerprint density at radius 3 is 2.03 bits per heavy atom. The number of carbonyl (C=O) groups is 2. The molecule has 0 spiro atoms. The minimum atomic E-state index is -0.386. The molecule has 1 aliphatic heterocycles. The lowest BCUT2D eigenvalue weighted by molar-refractivity contribution is -0.137. The summed E-state index contributed by atoms with van der Waals surface area (Å²) in [5.74, 6) is -0.773. The number of hydrogen-bond donors (Lipinski definition) is 0. The molecule has 29 heavy (non-hydrogen) atoms. The first-order chi connectivity index (χ1) is 14.2. The van der Waals surface area contributed by atoms with Crippen LogP contribution in [-0.2, 0) is 14.3 Å². The third kappa shape index (κ3) is 5.58. The molecule has 0 fully saturated rings. The van der Waals surface area contributed by atoms with Gasteiger partial charge in [-0.15, -0.1) is 0 Å². The van der Waals surface area contributed by atoms with E-state index in [4.69, 9.17) is 10.3 Å². The minimum Gasteiger partial charge on any atom is -0.379 e. The molecular weight excluding hydrogens is 412 g/mol. The summed E-state index contributed by atoms with van der Waals surface area (Å²) in [7, 11) is 0. The Balaban J connectivity index is 1.75. The van der Waals surface area contributed by atoms with Crippen LogP contribution in [0.3, 0.4) is 0 Å². The van der Waals surface area contributed by atoms with Crippen LogP contribution in [0.5, 0.6) is 0 Å². The van der Waals surface area contributed by atoms with Gasteiger partial charge in [-0.2, -0.15) is 0 Å². The van der Waals surface area contributed by atoms with E-state index in [-0.39, 0.29) is 38.1 Å². The largest absolute Gasteiger partial charge is 0.379 e. The van der Waals surface area contributed by atoms with E-state index in [1.807, 2.05) is 12.1 Å². The van der Waals surface area contributed by atoms with Gasteiger partial charge >= 0.3 is 0 Å². The van der Waals surface area contributed by atoms with Gasteiger partial charge in [-0.3, -0.25) is 14.5 Å². The molecule has 11 heteroatoms. The third-order valence-electron chi connectivity index (χ3n) is 3.63. The first kappa shape index (κ1) is 20.9. The molecule has 0 atom stereocenters. The third-order valence-corrected chi connectivity index (χ3v) is 5.83. The van der Waals surface area contributed by atoms with Crippen LogP contribution in [0.4, 0.5) is 0 Å². The Morgan fingerprint density at radius 2 is 1.55 bits per heavy atom. The molecule has 0 aromatic carbocycles. The van der Waals surface area contributed by atoms with E-state index in [2.05, 4.69) is 20.0 Å². The molecule has 3 heterocycles. The summed E-state index contributed by atoms with van der Waals surface area (Å²) in [6.45, 7) is 0.672. The van der Waals surface area contributed by atoms with E-state index in [0.29, 0.717) is 19.9 Å². The number of imide groups is 1. The Morgan fingerprint density at radius 1 is 0.966 bits per heavy atom. The Labute approximate surface area is 175 Å². The average molecular weight is 428 g/mol. The molecule has 1 aliphatic rings. The van der Waals surface area contributed by atoms with Crippen molar-refractivity contribution in [2.75, 3.05) is 26.3 Å². The van der Waals surface area contributed by atoms with Gasteiger partial charge < -0.3 is 4.74 Å². The van der Waals surface area contributed by atoms with Crippen LogP contribution < -0.4 is 0 Å². The van der Waals surface area contributed by atoms with Gasteiger partial charge in [0.25, 0.3) is 11.8 Å². The lowest BCUT2D eigenvalue weighted by Gasteiger charge is -2.14. The summed E-state index contributed by atoms with van der Waals surface area (Å²) in [5, 5.41) is 4.61. The summed E-state index contributed by atoms with van der Waals surface area (Å²) in [5.41, 5.74) is 8.25. The van der Waals surface area contributed by atoms with Crippen LogP contribution in [0.15, 0.2) is 73.8 Å². The molecule has 0 bridgehead atoms. The van der Waals surface area contributed by atoms with Gasteiger partial charge in [0.15, 0.2) is 0 Å². The molecule has 2 aromatic heterocycles. The van der Waals surface area contributed by atoms with Crippen molar-refractivity contribution in [2.24, 2.45) is 5.11 Å². The average Bonchev–Trinajstić information content (AvgIpc) is 2.96. The normalized spacial score (nSPS) is 13.7. The van der Waals surface area contributed by atoms with Crippen LogP contribution in [0, 0.1) is 0 Å². The molecule has 3 rings (SSSR count). The van der Waals surface area contributed by atoms with Crippen LogP contribution in [0.25, 0.3) is 10.4 Å². The summed E-state index contributed by atoms with van der Waals surface area (Å²) in [4.78, 5) is 38.7. The second-order valence-corrected chi connectivity index (χ2v) is 7.59. The van der Waals surface area contributed by atoms with Crippen LogP contribution in [-0.4, -0.2) is 53.0 Å². The number of aromatic nitrogens is 2. The Hall–Kier alpha value is -2.85. The molecule has 0 aliphatic carbocycles. The lowest BCUT2D eigenvalue weighted by atomic mass is 10.5. The van der Waals surface area contributed by atoms with Gasteiger partial charge in [0.05, 0.1) is 29.6 Å². The summed E-state index contributed by atoms with van der Waals surface area (Å²) >= 11 is 2.31. The number of hydrogen-bond acceptors (Lipinski definition) is 8. The molecule has 0 saturated carbocycles. The van der Waals surface area contributed by atoms with Crippen molar-refractivity contribution in [1.82, 2.24) is 14.9 Å². The molecular formula is C18H16N6O3S2. The number of ether oxygens (including phenoxy) is 1. The monoisotopic (exact) mass is 428 g/mol. The molecule has 0 N–H and O–H groups in total. The highest BCUT2D eigenvalue weighted by molar-refractivity contribution is 8.08. The lowest BCUT2D eigenvalue weighted by Crippen LogP contribution is -2.34. The molecule has 0 saturated heterocycles. The van der Waals surface area contributed by atoms with Gasteiger partial charge in [0.2, 0.25) is 0 Å². The molecule has 2 amide bonds. The van der Waals surface area contributed by atoms with Crippen molar-refractivity contribution < 1.29 is 14.3 Å². The highest BCUT2D eigenvalue weighted by Crippen LogP contribution is 2.41. The van der Waals surface area contributed by atoms with E-state index in [1.165, 1.54) is 0 Å². The number of carbonyl (C=O) groups excluding carboxylic acids is 2. The number of pyridine rings is 2. The zero-order valence-corrected chi connectivity index (χ0v) is 16.8. The zero-order valence-electron chi connectivity index (χ0n) is 15.2. The molecule has 0 unspecified atom stereocenters. The minimum absolute atomic E-state index is 0.104. The first-order valence-electron chi connectivity index (χ1n) is 8.57. The molecule has 2 aromatic rings. The van der Waals surface area contributed by atoms with E-state index >= 15 is 0 Å². The zero-order chi connectivity index (χ0) is 20.5. The van der Waals surface area contributed by atoms with Crippen LogP contribution >= 0.6 is 23.5 Å². The highest BCUT2D eigenvalue weighted by atomic mass is 32.2. The molecule has 0 radical (unpaired) electrons. The molecule has 9 nitrogen and oxygen atoms in total. The second-order valence-electron chi connectivity index (χ2n) is 5.53. The SMILES string of the molecule is [N-]=[N+]=NCCOCCN1C(=O)C(Sc2ccccn2)=C(Sc2ccccn2)C1=O. The number of thioether (sulfide) groups is 2. The van der Waals surface area contributed by atoms with Crippen molar-refractivity contribution in [3.63, 3.8) is 0 Å². The van der Waals surface area contributed by atoms with Gasteiger partial charge in [-0.25, -0.2) is 9.97 Å². The maximum absolute atomic E-state index is 12.9. The van der Waals surface area contributed by atoms with Crippen LogP contribution in [0.2, 0.25) is 0 Å². The maximum Gasteiger partial charge on any atom is 0.269 e. The van der Waals surface area contributed by atoms with Crippen molar-refractivity contribution in [3.8, 4) is 0 Å². The number of azide groups is 1. The second kappa shape index (κ2) is 10.6. The predicted molar refractivity (Wildman–Crippen MR) is 109 cm³/mol. The summed E-state index contributed by atoms with van der Waals surface area (Å²) in [6.07, 6.45) is 3.26. The first-order valence-corrected chi connectivity index (χ1v) is 10.2. The van der Waals surface area contributed by atoms with E-state index in [0.717, 1.165) is 28.4 Å². The van der Waals surface area contributed by atoms with Crippen LogP contribution in [0.1, 0.15) is 0 Å². The number of rotatable bonds is 10. The van der Waals surface area contributed by atoms with Crippen molar-refractivity contribution in [2.45, 2.75) is 10.1 Å². The van der Waals surface area contributed by atoms with Crippen molar-refractivity contribution >= 4 is 35.3 Å². The predicted octanol–water partition coefficient (Wildman–Crippen LogP) is 3.27. The van der Waals surface area contributed by atoms with Gasteiger partial charge in [-0.05, 0) is 29.8 Å². The fraction of sp³-hybridized carbons (Fsp3) is 0.222. The number of nitrogens with zero attached hydrogens (tertiary/aromatic N) is 6. The van der Waals surface area contributed by atoms with Crippen molar-refractivity contribution in [1.29, 1.82) is 0 Å². The van der Waals surface area contributed by atoms with Crippen molar-refractivity contribution in [3.05, 3.63) is 69.0 Å². The van der Waals surface area contributed by atoms with Gasteiger partial charge in [0, 0.05) is 23.9 Å². The maximum atomic E-state index is 12.9. The van der Waals surface area contributed by atoms with E-state index in [9.17, 15) is 9.59 Å². The van der Waals surface area contributed by atoms with E-state index in [1.54, 1.807) is 36.7 Å². The quantitative estimate of drug-likeness (QED) is 0.187. The number of amides is 2. The van der Waals surface area contributed by atoms with Gasteiger partial charge in [-0.1, -0.05) is 40.8 Å². The Bertz CT molecular complexity index is 885.